The summed E-state index contributed by atoms with van der Waals surface area (Å²) in [7, 11) is 1.60. The molecule has 1 N–H and O–H groups in total. The van der Waals surface area contributed by atoms with E-state index in [1.807, 2.05) is 13.8 Å². The summed E-state index contributed by atoms with van der Waals surface area (Å²) in [5.74, 6) is 0.634. The summed E-state index contributed by atoms with van der Waals surface area (Å²) in [4.78, 5) is 15.9. The number of hydrogen-bond acceptors (Lipinski definition) is 6. The first kappa shape index (κ1) is 13.6. The summed E-state index contributed by atoms with van der Waals surface area (Å²) in [6, 6.07) is 0. The number of hydrogen-bond donors (Lipinski definition) is 1. The van der Waals surface area contributed by atoms with Crippen molar-refractivity contribution in [3.63, 3.8) is 0 Å². The molecule has 8 heteroatoms. The Balaban J connectivity index is 1.96. The number of amides is 1. The first-order chi connectivity index (χ1) is 9.10. The van der Waals surface area contributed by atoms with Gasteiger partial charge in [-0.15, -0.1) is 10.2 Å². The highest BCUT2D eigenvalue weighted by molar-refractivity contribution is 7.15. The molecule has 0 fully saturated rings. The van der Waals surface area contributed by atoms with E-state index in [0.717, 1.165) is 10.8 Å². The van der Waals surface area contributed by atoms with Gasteiger partial charge in [-0.25, -0.2) is 4.98 Å². The normalized spacial score (nSPS) is 12.4. The maximum Gasteiger partial charge on any atom is 0.246 e. The van der Waals surface area contributed by atoms with E-state index in [9.17, 15) is 4.79 Å². The predicted molar refractivity (Wildman–Crippen MR) is 70.9 cm³/mol. The summed E-state index contributed by atoms with van der Waals surface area (Å²) in [6.07, 6.45) is 3.29. The molecule has 1 unspecified atom stereocenters. The maximum atomic E-state index is 11.8. The van der Waals surface area contributed by atoms with E-state index in [0.29, 0.717) is 5.13 Å². The van der Waals surface area contributed by atoms with Crippen molar-refractivity contribution in [3.8, 4) is 0 Å². The minimum absolute atomic E-state index is 0.126. The Kier molecular flexibility index (Phi) is 4.23. The van der Waals surface area contributed by atoms with Gasteiger partial charge in [0.2, 0.25) is 11.0 Å². The smallest absolute Gasteiger partial charge is 0.246 e. The van der Waals surface area contributed by atoms with Crippen LogP contribution in [-0.4, -0.2) is 32.8 Å². The molecule has 102 valence electrons. The van der Waals surface area contributed by atoms with Gasteiger partial charge in [0.1, 0.15) is 23.5 Å². The second-order valence-electron chi connectivity index (χ2n) is 3.97. The third kappa shape index (κ3) is 3.36. The van der Waals surface area contributed by atoms with Crippen molar-refractivity contribution < 1.29 is 9.53 Å². The van der Waals surface area contributed by atoms with Crippen LogP contribution in [0.4, 0.5) is 5.13 Å². The average molecular weight is 281 g/mol. The molecule has 2 heterocycles. The highest BCUT2D eigenvalue weighted by Crippen LogP contribution is 2.23. The number of imidazole rings is 1. The van der Waals surface area contributed by atoms with Gasteiger partial charge in [-0.05, 0) is 13.8 Å². The number of nitrogens with zero attached hydrogens (tertiary/aromatic N) is 4. The van der Waals surface area contributed by atoms with Gasteiger partial charge in [0, 0.05) is 19.5 Å². The fourth-order valence-corrected chi connectivity index (χ4v) is 2.22. The zero-order valence-electron chi connectivity index (χ0n) is 11.0. The molecule has 2 aromatic heterocycles. The van der Waals surface area contributed by atoms with Crippen molar-refractivity contribution in [1.29, 1.82) is 0 Å². The Labute approximate surface area is 114 Å². The SMILES string of the molecule is COC(C)c1nnc(NC(=O)Cn2ccnc2C)s1. The number of rotatable bonds is 5. The molecule has 2 aromatic rings. The highest BCUT2D eigenvalue weighted by atomic mass is 32.1. The summed E-state index contributed by atoms with van der Waals surface area (Å²) in [5.41, 5.74) is 0. The van der Waals surface area contributed by atoms with Crippen LogP contribution in [0.25, 0.3) is 0 Å². The molecule has 1 atom stereocenters. The summed E-state index contributed by atoms with van der Waals surface area (Å²) >= 11 is 1.31. The molecular weight excluding hydrogens is 266 g/mol. The topological polar surface area (TPSA) is 81.9 Å². The number of nitrogens with one attached hydrogen (secondary N) is 1. The van der Waals surface area contributed by atoms with E-state index in [1.165, 1.54) is 11.3 Å². The van der Waals surface area contributed by atoms with Crippen LogP contribution in [0.1, 0.15) is 23.9 Å². The van der Waals surface area contributed by atoms with Gasteiger partial charge >= 0.3 is 0 Å². The molecule has 0 aliphatic carbocycles. The number of aromatic nitrogens is 4. The van der Waals surface area contributed by atoms with E-state index in [2.05, 4.69) is 20.5 Å². The van der Waals surface area contributed by atoms with E-state index in [4.69, 9.17) is 4.74 Å². The van der Waals surface area contributed by atoms with E-state index < -0.39 is 0 Å². The Morgan fingerprint density at radius 1 is 1.58 bits per heavy atom. The fraction of sp³-hybridized carbons (Fsp3) is 0.455. The molecule has 0 spiro atoms. The Morgan fingerprint density at radius 3 is 3.00 bits per heavy atom. The van der Waals surface area contributed by atoms with Gasteiger partial charge in [-0.3, -0.25) is 10.1 Å². The second-order valence-corrected chi connectivity index (χ2v) is 4.98. The maximum absolute atomic E-state index is 11.8. The lowest BCUT2D eigenvalue weighted by Crippen LogP contribution is -2.18. The molecule has 7 nitrogen and oxygen atoms in total. The molecule has 0 aromatic carbocycles. The predicted octanol–water partition coefficient (Wildman–Crippen LogP) is 1.39. The van der Waals surface area contributed by atoms with Crippen LogP contribution in [0.2, 0.25) is 0 Å². The largest absolute Gasteiger partial charge is 0.374 e. The van der Waals surface area contributed by atoms with Crippen LogP contribution < -0.4 is 5.32 Å². The molecule has 0 aliphatic rings. The highest BCUT2D eigenvalue weighted by Gasteiger charge is 2.13. The van der Waals surface area contributed by atoms with Gasteiger partial charge in [0.05, 0.1) is 0 Å². The quantitative estimate of drug-likeness (QED) is 0.895. The van der Waals surface area contributed by atoms with Crippen molar-refractivity contribution in [2.75, 3.05) is 12.4 Å². The van der Waals surface area contributed by atoms with E-state index in [-0.39, 0.29) is 18.6 Å². The van der Waals surface area contributed by atoms with Crippen LogP contribution in [0.3, 0.4) is 0 Å². The van der Waals surface area contributed by atoms with Crippen LogP contribution in [0, 0.1) is 6.92 Å². The van der Waals surface area contributed by atoms with E-state index in [1.54, 1.807) is 24.1 Å². The van der Waals surface area contributed by atoms with Crippen LogP contribution in [-0.2, 0) is 16.1 Å². The molecule has 19 heavy (non-hydrogen) atoms. The second kappa shape index (κ2) is 5.89. The van der Waals surface area contributed by atoms with Gasteiger partial charge in [-0.2, -0.15) is 0 Å². The first-order valence-electron chi connectivity index (χ1n) is 5.74. The van der Waals surface area contributed by atoms with Gasteiger partial charge in [0.25, 0.3) is 0 Å². The molecule has 0 saturated heterocycles. The molecule has 0 saturated carbocycles. The Morgan fingerprint density at radius 2 is 2.37 bits per heavy atom. The van der Waals surface area contributed by atoms with Crippen molar-refractivity contribution >= 4 is 22.4 Å². The molecule has 2 rings (SSSR count). The monoisotopic (exact) mass is 281 g/mol. The first-order valence-corrected chi connectivity index (χ1v) is 6.55. The van der Waals surface area contributed by atoms with Crippen LogP contribution >= 0.6 is 11.3 Å². The number of aryl methyl sites for hydroxylation is 1. The van der Waals surface area contributed by atoms with Gasteiger partial charge in [-0.1, -0.05) is 11.3 Å². The number of ether oxygens (including phenoxy) is 1. The zero-order chi connectivity index (χ0) is 13.8. The van der Waals surface area contributed by atoms with Crippen molar-refractivity contribution in [1.82, 2.24) is 19.7 Å². The van der Waals surface area contributed by atoms with Gasteiger partial charge < -0.3 is 9.30 Å². The molecule has 0 aliphatic heterocycles. The number of anilines is 1. The lowest BCUT2D eigenvalue weighted by atomic mass is 10.4. The van der Waals surface area contributed by atoms with Crippen LogP contribution in [0.15, 0.2) is 12.4 Å². The minimum Gasteiger partial charge on any atom is -0.374 e. The van der Waals surface area contributed by atoms with Crippen molar-refractivity contribution in [3.05, 3.63) is 23.2 Å². The van der Waals surface area contributed by atoms with Crippen molar-refractivity contribution in [2.24, 2.45) is 0 Å². The fourth-order valence-electron chi connectivity index (χ4n) is 1.43. The Hall–Kier alpha value is -1.80. The van der Waals surface area contributed by atoms with Crippen LogP contribution in [0.5, 0.6) is 0 Å². The summed E-state index contributed by atoms with van der Waals surface area (Å²) < 4.78 is 6.90. The summed E-state index contributed by atoms with van der Waals surface area (Å²) in [5, 5.41) is 11.8. The molecule has 1 amide bonds. The zero-order valence-corrected chi connectivity index (χ0v) is 11.8. The van der Waals surface area contributed by atoms with E-state index >= 15 is 0 Å². The average Bonchev–Trinajstić information content (AvgIpc) is 2.99. The number of carbonyl (C=O) groups is 1. The molecular formula is C11H15N5O2S. The lowest BCUT2D eigenvalue weighted by Gasteiger charge is -2.04. The summed E-state index contributed by atoms with van der Waals surface area (Å²) in [6.45, 7) is 3.93. The van der Waals surface area contributed by atoms with Gasteiger partial charge in [0.15, 0.2) is 0 Å². The number of methoxy groups -OCH3 is 1. The third-order valence-corrected chi connectivity index (χ3v) is 3.63. The van der Waals surface area contributed by atoms with Crippen molar-refractivity contribution in [2.45, 2.75) is 26.5 Å². The third-order valence-electron chi connectivity index (χ3n) is 2.63. The minimum atomic E-state index is -0.158. The standard InChI is InChI=1S/C11H15N5O2S/c1-7(18-3)10-14-15-11(19-10)13-9(17)6-16-5-4-12-8(16)2/h4-5,7H,6H2,1-3H3,(H,13,15,17). The lowest BCUT2D eigenvalue weighted by molar-refractivity contribution is -0.116. The Bertz CT molecular complexity index is 565. The molecule has 0 bridgehead atoms. The number of carbonyl (C=O) groups excluding carboxylic acids is 1. The molecule has 0 radical (unpaired) electrons.